The minimum Gasteiger partial charge on any atom is -0.458 e. The zero-order chi connectivity index (χ0) is 11.1. The van der Waals surface area contributed by atoms with Crippen molar-refractivity contribution < 1.29 is 9.53 Å². The van der Waals surface area contributed by atoms with E-state index in [0.29, 0.717) is 11.5 Å². The molecule has 2 nitrogen and oxygen atoms in total. The minimum absolute atomic E-state index is 0.263. The molecule has 84 valence electrons. The van der Waals surface area contributed by atoms with E-state index < -0.39 is 0 Å². The molecule has 1 aliphatic carbocycles. The predicted molar refractivity (Wildman–Crippen MR) is 61.5 cm³/mol. The second kappa shape index (κ2) is 6.44. The van der Waals surface area contributed by atoms with Crippen molar-refractivity contribution in [3.05, 3.63) is 24.8 Å². The quantitative estimate of drug-likeness (QED) is 0.394. The summed E-state index contributed by atoms with van der Waals surface area (Å²) in [4.78, 5) is 11.4. The molecule has 0 amide bonds. The van der Waals surface area contributed by atoms with Gasteiger partial charge in [0.1, 0.15) is 6.61 Å². The fourth-order valence-electron chi connectivity index (χ4n) is 2.06. The summed E-state index contributed by atoms with van der Waals surface area (Å²) in [6.07, 6.45) is 8.76. The first kappa shape index (κ1) is 12.0. The van der Waals surface area contributed by atoms with E-state index in [9.17, 15) is 4.79 Å². The summed E-state index contributed by atoms with van der Waals surface area (Å²) in [6, 6.07) is 0. The van der Waals surface area contributed by atoms with Gasteiger partial charge in [0.15, 0.2) is 0 Å². The molecule has 1 fully saturated rings. The lowest BCUT2D eigenvalue weighted by molar-refractivity contribution is -0.138. The summed E-state index contributed by atoms with van der Waals surface area (Å²) >= 11 is 0. The molecule has 0 aromatic heterocycles. The minimum atomic E-state index is -0.263. The molecule has 15 heavy (non-hydrogen) atoms. The summed E-state index contributed by atoms with van der Waals surface area (Å²) in [5, 5.41) is 0. The highest BCUT2D eigenvalue weighted by molar-refractivity contribution is 5.87. The van der Waals surface area contributed by atoms with E-state index in [1.165, 1.54) is 32.1 Å². The monoisotopic (exact) mass is 208 g/mol. The average molecular weight is 208 g/mol. The lowest BCUT2D eigenvalue weighted by Gasteiger charge is -2.21. The molecule has 0 bridgehead atoms. The van der Waals surface area contributed by atoms with Crippen LogP contribution in [0.3, 0.4) is 0 Å². The third-order valence-electron chi connectivity index (χ3n) is 2.88. The van der Waals surface area contributed by atoms with Gasteiger partial charge in [-0.3, -0.25) is 0 Å². The zero-order valence-electron chi connectivity index (χ0n) is 9.34. The van der Waals surface area contributed by atoms with Gasteiger partial charge in [0, 0.05) is 5.57 Å². The Kier molecular flexibility index (Phi) is 5.16. The van der Waals surface area contributed by atoms with Gasteiger partial charge >= 0.3 is 5.97 Å². The smallest absolute Gasteiger partial charge is 0.333 e. The molecule has 1 saturated carbocycles. The predicted octanol–water partition coefficient (Wildman–Crippen LogP) is 3.24. The summed E-state index contributed by atoms with van der Waals surface area (Å²) in [7, 11) is 0. The van der Waals surface area contributed by atoms with Crippen molar-refractivity contribution in [3.63, 3.8) is 0 Å². The first-order valence-electron chi connectivity index (χ1n) is 5.70. The molecule has 0 saturated heterocycles. The summed E-state index contributed by atoms with van der Waals surface area (Å²) in [6.45, 7) is 7.57. The zero-order valence-corrected chi connectivity index (χ0v) is 9.34. The Bertz CT molecular complexity index is 237. The van der Waals surface area contributed by atoms with Crippen LogP contribution in [-0.4, -0.2) is 12.6 Å². The van der Waals surface area contributed by atoms with Gasteiger partial charge in [0.25, 0.3) is 0 Å². The van der Waals surface area contributed by atoms with Crippen LogP contribution in [0.5, 0.6) is 0 Å². The molecule has 0 spiro atoms. The van der Waals surface area contributed by atoms with Gasteiger partial charge in [0.2, 0.25) is 0 Å². The molecule has 0 aromatic rings. The molecule has 0 unspecified atom stereocenters. The van der Waals surface area contributed by atoms with Crippen LogP contribution in [0, 0.1) is 5.92 Å². The summed E-state index contributed by atoms with van der Waals surface area (Å²) in [5.74, 6) is 0.378. The van der Waals surface area contributed by atoms with E-state index in [1.807, 2.05) is 0 Å². The molecular weight excluding hydrogens is 188 g/mol. The number of hydrogen-bond donors (Lipinski definition) is 0. The Morgan fingerprint density at radius 1 is 1.33 bits per heavy atom. The van der Waals surface area contributed by atoms with E-state index in [1.54, 1.807) is 6.08 Å². The molecule has 2 heteroatoms. The van der Waals surface area contributed by atoms with Crippen LogP contribution in [0.4, 0.5) is 0 Å². The van der Waals surface area contributed by atoms with Gasteiger partial charge in [-0.15, -0.1) is 0 Å². The van der Waals surface area contributed by atoms with Gasteiger partial charge < -0.3 is 4.74 Å². The fraction of sp³-hybridized carbons (Fsp3) is 0.615. The van der Waals surface area contributed by atoms with E-state index >= 15 is 0 Å². The maximum atomic E-state index is 11.4. The Morgan fingerprint density at radius 2 is 2.00 bits per heavy atom. The number of ether oxygens (including phenoxy) is 1. The van der Waals surface area contributed by atoms with Crippen LogP contribution in [-0.2, 0) is 9.53 Å². The Labute approximate surface area is 92.0 Å². The van der Waals surface area contributed by atoms with Crippen molar-refractivity contribution in [3.8, 4) is 0 Å². The number of carbonyl (C=O) groups is 1. The van der Waals surface area contributed by atoms with E-state index in [4.69, 9.17) is 4.74 Å². The average Bonchev–Trinajstić information content (AvgIpc) is 2.27. The third kappa shape index (κ3) is 4.32. The highest BCUT2D eigenvalue weighted by Gasteiger charge is 2.17. The molecule has 0 N–H and O–H groups in total. The van der Waals surface area contributed by atoms with Crippen LogP contribution in [0.15, 0.2) is 24.8 Å². The standard InChI is InChI=1S/C13H20O2/c1-3-9-15-13(14)11(2)10-12-7-5-4-6-8-12/h3,12H,1-2,4-10H2. The van der Waals surface area contributed by atoms with Crippen molar-refractivity contribution in [1.29, 1.82) is 0 Å². The highest BCUT2D eigenvalue weighted by Crippen LogP contribution is 2.28. The topological polar surface area (TPSA) is 26.3 Å². The number of carbonyl (C=O) groups excluding carboxylic acids is 1. The van der Waals surface area contributed by atoms with E-state index in [2.05, 4.69) is 13.2 Å². The maximum absolute atomic E-state index is 11.4. The Morgan fingerprint density at radius 3 is 2.60 bits per heavy atom. The maximum Gasteiger partial charge on any atom is 0.333 e. The molecule has 0 aliphatic heterocycles. The molecule has 1 aliphatic rings. The summed E-state index contributed by atoms with van der Waals surface area (Å²) in [5.41, 5.74) is 0.615. The molecule has 1 rings (SSSR count). The first-order chi connectivity index (χ1) is 7.24. The molecule has 0 aromatic carbocycles. The van der Waals surface area contributed by atoms with Crippen LogP contribution < -0.4 is 0 Å². The highest BCUT2D eigenvalue weighted by atomic mass is 16.5. The lowest BCUT2D eigenvalue weighted by atomic mass is 9.85. The molecule has 0 heterocycles. The van der Waals surface area contributed by atoms with Gasteiger partial charge in [-0.05, 0) is 12.3 Å². The van der Waals surface area contributed by atoms with Gasteiger partial charge in [-0.1, -0.05) is 51.3 Å². The van der Waals surface area contributed by atoms with E-state index in [0.717, 1.165) is 6.42 Å². The van der Waals surface area contributed by atoms with Gasteiger partial charge in [-0.25, -0.2) is 4.79 Å². The van der Waals surface area contributed by atoms with E-state index in [-0.39, 0.29) is 12.6 Å². The van der Waals surface area contributed by atoms with Crippen molar-refractivity contribution in [1.82, 2.24) is 0 Å². The first-order valence-corrected chi connectivity index (χ1v) is 5.70. The molecule has 0 radical (unpaired) electrons. The van der Waals surface area contributed by atoms with Crippen LogP contribution in [0.25, 0.3) is 0 Å². The SMILES string of the molecule is C=CCOC(=O)C(=C)CC1CCCCC1. The second-order valence-corrected chi connectivity index (χ2v) is 4.20. The third-order valence-corrected chi connectivity index (χ3v) is 2.88. The summed E-state index contributed by atoms with van der Waals surface area (Å²) < 4.78 is 4.94. The van der Waals surface area contributed by atoms with Crippen molar-refractivity contribution in [2.75, 3.05) is 6.61 Å². The Hall–Kier alpha value is -1.05. The second-order valence-electron chi connectivity index (χ2n) is 4.20. The van der Waals surface area contributed by atoms with Crippen molar-refractivity contribution >= 4 is 5.97 Å². The lowest BCUT2D eigenvalue weighted by Crippen LogP contribution is -2.13. The van der Waals surface area contributed by atoms with Crippen molar-refractivity contribution in [2.45, 2.75) is 38.5 Å². The largest absolute Gasteiger partial charge is 0.458 e. The van der Waals surface area contributed by atoms with Crippen LogP contribution in [0.1, 0.15) is 38.5 Å². The number of rotatable bonds is 5. The number of esters is 1. The molecular formula is C13H20O2. The number of hydrogen-bond acceptors (Lipinski definition) is 2. The van der Waals surface area contributed by atoms with Crippen LogP contribution >= 0.6 is 0 Å². The Balaban J connectivity index is 2.27. The van der Waals surface area contributed by atoms with Gasteiger partial charge in [0.05, 0.1) is 0 Å². The molecule has 0 atom stereocenters. The fourth-order valence-corrected chi connectivity index (χ4v) is 2.06. The van der Waals surface area contributed by atoms with Crippen molar-refractivity contribution in [2.24, 2.45) is 5.92 Å². The van der Waals surface area contributed by atoms with Gasteiger partial charge in [-0.2, -0.15) is 0 Å². The normalized spacial score (nSPS) is 17.1. The van der Waals surface area contributed by atoms with Crippen LogP contribution in [0.2, 0.25) is 0 Å².